The number of fused-ring (bicyclic) bond motifs is 1. The van der Waals surface area contributed by atoms with E-state index in [4.69, 9.17) is 0 Å². The number of piperidine rings is 1. The molecule has 2 aromatic heterocycles. The van der Waals surface area contributed by atoms with Gasteiger partial charge < -0.3 is 10.2 Å². The summed E-state index contributed by atoms with van der Waals surface area (Å²) in [5, 5.41) is 4.59. The van der Waals surface area contributed by atoms with Crippen molar-refractivity contribution in [2.24, 2.45) is 17.8 Å². The lowest BCUT2D eigenvalue weighted by Gasteiger charge is -2.35. The molecule has 1 aliphatic carbocycles. The highest BCUT2D eigenvalue weighted by Gasteiger charge is 2.31. The Morgan fingerprint density at radius 2 is 1.76 bits per heavy atom. The highest BCUT2D eigenvalue weighted by Crippen LogP contribution is 2.32. The molecule has 2 amide bonds. The van der Waals surface area contributed by atoms with Crippen molar-refractivity contribution in [3.05, 3.63) is 32.3 Å². The molecule has 0 radical (unpaired) electrons. The minimum atomic E-state index is -0.428. The minimum absolute atomic E-state index is 0.0556. The number of carbonyl (C=O) groups is 2. The molecule has 1 saturated carbocycles. The van der Waals surface area contributed by atoms with Crippen LogP contribution in [0.4, 0.5) is 0 Å². The molecule has 0 atom stereocenters. The molecule has 0 unspecified atom stereocenters. The van der Waals surface area contributed by atoms with E-state index in [9.17, 15) is 19.2 Å². The molecule has 0 spiro atoms. The number of nitrogens with zero attached hydrogens (tertiary/aromatic N) is 3. The zero-order valence-corrected chi connectivity index (χ0v) is 21.1. The summed E-state index contributed by atoms with van der Waals surface area (Å²) >= 11 is 1.30. The maximum Gasteiger partial charge on any atom is 0.332 e. The number of hydrogen-bond donors (Lipinski definition) is 1. The molecule has 2 aliphatic rings. The predicted molar refractivity (Wildman–Crippen MR) is 134 cm³/mol. The lowest BCUT2D eigenvalue weighted by atomic mass is 9.81. The minimum Gasteiger partial charge on any atom is -0.355 e. The zero-order chi connectivity index (χ0) is 24.2. The summed E-state index contributed by atoms with van der Waals surface area (Å²) in [6.45, 7) is 6.74. The molecule has 2 aromatic rings. The average molecular weight is 489 g/mol. The summed E-state index contributed by atoms with van der Waals surface area (Å²) in [7, 11) is 0. The predicted octanol–water partition coefficient (Wildman–Crippen LogP) is 2.82. The Bertz CT molecular complexity index is 1130. The fraction of sp³-hybridized carbons (Fsp3) is 0.680. The van der Waals surface area contributed by atoms with Crippen molar-refractivity contribution in [1.82, 2.24) is 19.4 Å². The Morgan fingerprint density at radius 3 is 2.44 bits per heavy atom. The lowest BCUT2D eigenvalue weighted by molar-refractivity contribution is -0.138. The van der Waals surface area contributed by atoms with Gasteiger partial charge in [0, 0.05) is 32.1 Å². The first kappa shape index (κ1) is 24.7. The van der Waals surface area contributed by atoms with Crippen LogP contribution in [0.1, 0.15) is 58.8 Å². The number of likely N-dealkylation sites (tertiary alicyclic amines) is 1. The number of aromatic nitrogens is 2. The normalized spacial score (nSPS) is 21.6. The van der Waals surface area contributed by atoms with E-state index in [1.54, 1.807) is 11.4 Å². The monoisotopic (exact) mass is 488 g/mol. The van der Waals surface area contributed by atoms with Crippen molar-refractivity contribution < 1.29 is 9.59 Å². The first-order chi connectivity index (χ1) is 16.4. The van der Waals surface area contributed by atoms with E-state index >= 15 is 0 Å². The highest BCUT2D eigenvalue weighted by atomic mass is 32.1. The first-order valence-corrected chi connectivity index (χ1v) is 13.5. The van der Waals surface area contributed by atoms with Crippen LogP contribution in [0.25, 0.3) is 10.2 Å². The quantitative estimate of drug-likeness (QED) is 0.649. The second-order valence-electron chi connectivity index (χ2n) is 9.99. The third kappa shape index (κ3) is 5.29. The molecule has 0 bridgehead atoms. The van der Waals surface area contributed by atoms with Gasteiger partial charge in [-0.2, -0.15) is 0 Å². The van der Waals surface area contributed by atoms with Crippen molar-refractivity contribution in [1.29, 1.82) is 0 Å². The van der Waals surface area contributed by atoms with Gasteiger partial charge in [-0.1, -0.05) is 13.8 Å². The topological polar surface area (TPSA) is 93.4 Å². The first-order valence-electron chi connectivity index (χ1n) is 12.6. The fourth-order valence-corrected chi connectivity index (χ4v) is 6.09. The van der Waals surface area contributed by atoms with Crippen molar-refractivity contribution in [3.63, 3.8) is 0 Å². The van der Waals surface area contributed by atoms with Crippen LogP contribution < -0.4 is 16.6 Å². The van der Waals surface area contributed by atoms with Crippen LogP contribution in [0.2, 0.25) is 0 Å². The van der Waals surface area contributed by atoms with Gasteiger partial charge in [0.1, 0.15) is 11.2 Å². The smallest absolute Gasteiger partial charge is 0.332 e. The number of nitrogens with one attached hydrogen (secondary N) is 1. The van der Waals surface area contributed by atoms with Gasteiger partial charge in [0.25, 0.3) is 5.56 Å². The Morgan fingerprint density at radius 1 is 1.06 bits per heavy atom. The maximum absolute atomic E-state index is 13.3. The van der Waals surface area contributed by atoms with E-state index in [0.717, 1.165) is 58.0 Å². The lowest BCUT2D eigenvalue weighted by Crippen LogP contribution is -2.44. The molecule has 2 fully saturated rings. The highest BCUT2D eigenvalue weighted by molar-refractivity contribution is 7.17. The van der Waals surface area contributed by atoms with E-state index in [-0.39, 0.29) is 35.8 Å². The third-order valence-electron chi connectivity index (χ3n) is 7.44. The number of rotatable bonds is 7. The van der Waals surface area contributed by atoms with Gasteiger partial charge in [0.15, 0.2) is 0 Å². The van der Waals surface area contributed by atoms with Gasteiger partial charge in [-0.25, -0.2) is 4.79 Å². The molecule has 3 heterocycles. The molecule has 4 rings (SSSR count). The van der Waals surface area contributed by atoms with Gasteiger partial charge in [0.2, 0.25) is 11.8 Å². The van der Waals surface area contributed by atoms with Gasteiger partial charge in [0.05, 0.1) is 5.52 Å². The van der Waals surface area contributed by atoms with Crippen LogP contribution in [0.3, 0.4) is 0 Å². The number of thiophene rings is 1. The van der Waals surface area contributed by atoms with Gasteiger partial charge in [-0.15, -0.1) is 11.3 Å². The largest absolute Gasteiger partial charge is 0.355 e. The molecule has 1 saturated heterocycles. The third-order valence-corrected chi connectivity index (χ3v) is 8.33. The molecule has 1 aliphatic heterocycles. The molecular weight excluding hydrogens is 452 g/mol. The second kappa shape index (κ2) is 10.9. The van der Waals surface area contributed by atoms with Crippen molar-refractivity contribution in [2.75, 3.05) is 19.6 Å². The Hall–Kier alpha value is -2.42. The maximum atomic E-state index is 13.3. The SMILES string of the molecule is CCCNC(=O)Cn1c(=O)n(CC2CCC(C(=O)N3CCC(C)CC3)CC2)c(=O)c2sccc21. The van der Waals surface area contributed by atoms with Crippen molar-refractivity contribution >= 4 is 33.4 Å². The second-order valence-corrected chi connectivity index (χ2v) is 10.9. The van der Waals surface area contributed by atoms with Crippen LogP contribution in [-0.4, -0.2) is 45.5 Å². The molecule has 8 nitrogen and oxygen atoms in total. The van der Waals surface area contributed by atoms with Crippen molar-refractivity contribution in [3.8, 4) is 0 Å². The fourth-order valence-electron chi connectivity index (χ4n) is 5.25. The molecule has 9 heteroatoms. The molecular formula is C25H36N4O4S. The van der Waals surface area contributed by atoms with Gasteiger partial charge in [-0.3, -0.25) is 23.5 Å². The van der Waals surface area contributed by atoms with Crippen LogP contribution >= 0.6 is 11.3 Å². The van der Waals surface area contributed by atoms with Crippen molar-refractivity contribution in [2.45, 2.75) is 71.9 Å². The van der Waals surface area contributed by atoms with Crippen LogP contribution in [0.15, 0.2) is 21.0 Å². The summed E-state index contributed by atoms with van der Waals surface area (Å²) in [6.07, 6.45) is 6.24. The average Bonchev–Trinajstić information content (AvgIpc) is 3.34. The number of amides is 2. The summed E-state index contributed by atoms with van der Waals surface area (Å²) < 4.78 is 3.24. The summed E-state index contributed by atoms with van der Waals surface area (Å²) in [5.74, 6) is 0.979. The Kier molecular flexibility index (Phi) is 7.91. The summed E-state index contributed by atoms with van der Waals surface area (Å²) in [4.78, 5) is 53.7. The molecule has 1 N–H and O–H groups in total. The van der Waals surface area contributed by atoms with Gasteiger partial charge in [-0.05, 0) is 68.2 Å². The van der Waals surface area contributed by atoms with E-state index in [2.05, 4.69) is 12.2 Å². The van der Waals surface area contributed by atoms with E-state index in [1.807, 2.05) is 11.8 Å². The molecule has 34 heavy (non-hydrogen) atoms. The Balaban J connectivity index is 1.45. The summed E-state index contributed by atoms with van der Waals surface area (Å²) in [5.41, 5.74) is -0.183. The van der Waals surface area contributed by atoms with Crippen LogP contribution in [-0.2, 0) is 22.7 Å². The number of hydrogen-bond acceptors (Lipinski definition) is 5. The Labute approximate surface area is 203 Å². The van der Waals surface area contributed by atoms with E-state index in [1.165, 1.54) is 20.5 Å². The van der Waals surface area contributed by atoms with Gasteiger partial charge >= 0.3 is 5.69 Å². The number of carbonyl (C=O) groups excluding carboxylic acids is 2. The van der Waals surface area contributed by atoms with Crippen LogP contribution in [0.5, 0.6) is 0 Å². The zero-order valence-electron chi connectivity index (χ0n) is 20.3. The molecule has 186 valence electrons. The standard InChI is InChI=1S/C25H36N4O4S/c1-3-11-26-21(30)16-28-20-10-14-34-22(20)24(32)29(25(28)33)15-18-4-6-19(7-5-18)23(31)27-12-8-17(2)9-13-27/h10,14,17-19H,3-9,11-13,15-16H2,1-2H3,(H,26,30). The van der Waals surface area contributed by atoms with E-state index < -0.39 is 5.69 Å². The van der Waals surface area contributed by atoms with E-state index in [0.29, 0.717) is 29.2 Å². The van der Waals surface area contributed by atoms with Crippen LogP contribution in [0, 0.1) is 17.8 Å². The molecule has 0 aromatic carbocycles. The summed E-state index contributed by atoms with van der Waals surface area (Å²) in [6, 6.07) is 1.73.